The first-order valence-corrected chi connectivity index (χ1v) is 6.32. The van der Waals surface area contributed by atoms with E-state index in [1.54, 1.807) is 0 Å². The normalized spacial score (nSPS) is 24.8. The van der Waals surface area contributed by atoms with E-state index in [0.717, 1.165) is 12.8 Å². The lowest BCUT2D eigenvalue weighted by molar-refractivity contribution is 0.0368. The van der Waals surface area contributed by atoms with Gasteiger partial charge in [-0.2, -0.15) is 0 Å². The minimum atomic E-state index is -0.282. The van der Waals surface area contributed by atoms with Gasteiger partial charge in [0.2, 0.25) is 0 Å². The Morgan fingerprint density at radius 1 is 1.44 bits per heavy atom. The van der Waals surface area contributed by atoms with Gasteiger partial charge in [0.05, 0.1) is 11.8 Å². The van der Waals surface area contributed by atoms with Crippen molar-refractivity contribution in [2.24, 2.45) is 0 Å². The molecule has 1 fully saturated rings. The van der Waals surface area contributed by atoms with Gasteiger partial charge in [0, 0.05) is 18.3 Å². The van der Waals surface area contributed by atoms with Crippen LogP contribution in [0.25, 0.3) is 0 Å². The van der Waals surface area contributed by atoms with E-state index < -0.39 is 0 Å². The molecular weight excluding hydrogens is 230 g/mol. The van der Waals surface area contributed by atoms with E-state index in [0.29, 0.717) is 12.1 Å². The number of hydrogen-bond acceptors (Lipinski definition) is 4. The van der Waals surface area contributed by atoms with Gasteiger partial charge in [0.15, 0.2) is 0 Å². The maximum absolute atomic E-state index is 12.1. The van der Waals surface area contributed by atoms with Gasteiger partial charge in [0.1, 0.15) is 5.75 Å². The Morgan fingerprint density at radius 3 is 2.72 bits per heavy atom. The first-order chi connectivity index (χ1) is 8.59. The number of aromatic hydroxyl groups is 1. The zero-order chi connectivity index (χ0) is 13.1. The van der Waals surface area contributed by atoms with E-state index in [-0.39, 0.29) is 17.2 Å². The zero-order valence-electron chi connectivity index (χ0n) is 10.8. The van der Waals surface area contributed by atoms with Crippen LogP contribution in [0, 0.1) is 0 Å². The van der Waals surface area contributed by atoms with Crippen LogP contribution in [0.2, 0.25) is 0 Å². The highest BCUT2D eigenvalue weighted by molar-refractivity contribution is 5.96. The number of piperidine rings is 1. The summed E-state index contributed by atoms with van der Waals surface area (Å²) in [6.07, 6.45) is 6.12. The molecule has 0 spiro atoms. The number of pyridine rings is 1. The van der Waals surface area contributed by atoms with Crippen LogP contribution in [-0.2, 0) is 0 Å². The predicted molar refractivity (Wildman–Crippen MR) is 68.0 cm³/mol. The molecule has 1 saturated heterocycles. The molecule has 1 amide bonds. The summed E-state index contributed by atoms with van der Waals surface area (Å²) in [6, 6.07) is 2.16. The molecule has 0 saturated carbocycles. The van der Waals surface area contributed by atoms with E-state index in [4.69, 9.17) is 0 Å². The first kappa shape index (κ1) is 12.8. The molecule has 18 heavy (non-hydrogen) atoms. The molecule has 2 atom stereocenters. The lowest BCUT2D eigenvalue weighted by atomic mass is 10.00. The Bertz CT molecular complexity index is 426. The number of amides is 1. The number of hydrogen-bond donors (Lipinski definition) is 2. The molecule has 1 aromatic heterocycles. The molecule has 2 heterocycles. The fraction of sp³-hybridized carbons (Fsp3) is 0.538. The SMILES string of the molecule is CC1CCCC(C)N1NC(=O)c1ccncc1O. The Balaban J connectivity index is 2.09. The van der Waals surface area contributed by atoms with Crippen molar-refractivity contribution < 1.29 is 9.90 Å². The lowest BCUT2D eigenvalue weighted by Gasteiger charge is -2.38. The van der Waals surface area contributed by atoms with Gasteiger partial charge in [-0.15, -0.1) is 0 Å². The van der Waals surface area contributed by atoms with Gasteiger partial charge in [0.25, 0.3) is 5.91 Å². The third-order valence-corrected chi connectivity index (χ3v) is 3.47. The highest BCUT2D eigenvalue weighted by atomic mass is 16.3. The number of nitrogens with zero attached hydrogens (tertiary/aromatic N) is 2. The van der Waals surface area contributed by atoms with E-state index >= 15 is 0 Å². The molecule has 0 bridgehead atoms. The molecule has 0 aromatic carbocycles. The van der Waals surface area contributed by atoms with Crippen molar-refractivity contribution in [1.82, 2.24) is 15.4 Å². The minimum absolute atomic E-state index is 0.0904. The van der Waals surface area contributed by atoms with Crippen LogP contribution in [0.4, 0.5) is 0 Å². The highest BCUT2D eigenvalue weighted by Gasteiger charge is 2.26. The van der Waals surface area contributed by atoms with Gasteiger partial charge in [-0.05, 0) is 32.8 Å². The van der Waals surface area contributed by atoms with Crippen molar-refractivity contribution in [1.29, 1.82) is 0 Å². The average molecular weight is 249 g/mol. The number of rotatable bonds is 2. The molecule has 2 N–H and O–H groups in total. The van der Waals surface area contributed by atoms with Gasteiger partial charge >= 0.3 is 0 Å². The molecule has 0 radical (unpaired) electrons. The number of hydrazine groups is 1. The standard InChI is InChI=1S/C13H19N3O2/c1-9-4-3-5-10(2)16(9)15-13(18)11-6-7-14-8-12(11)17/h6-10,17H,3-5H2,1-2H3,(H,15,18). The van der Waals surface area contributed by atoms with E-state index in [1.807, 2.05) is 5.01 Å². The van der Waals surface area contributed by atoms with Crippen LogP contribution in [0.5, 0.6) is 5.75 Å². The van der Waals surface area contributed by atoms with Crippen LogP contribution in [0.1, 0.15) is 43.5 Å². The Morgan fingerprint density at radius 2 is 2.11 bits per heavy atom. The van der Waals surface area contributed by atoms with Gasteiger partial charge in [-0.3, -0.25) is 15.2 Å². The van der Waals surface area contributed by atoms with E-state index in [9.17, 15) is 9.90 Å². The monoisotopic (exact) mass is 249 g/mol. The molecule has 0 aliphatic carbocycles. The number of nitrogens with one attached hydrogen (secondary N) is 1. The summed E-state index contributed by atoms with van der Waals surface area (Å²) >= 11 is 0. The van der Waals surface area contributed by atoms with Gasteiger partial charge in [-0.25, -0.2) is 5.01 Å². The van der Waals surface area contributed by atoms with Crippen LogP contribution in [0.3, 0.4) is 0 Å². The molecule has 2 rings (SSSR count). The second kappa shape index (κ2) is 5.35. The fourth-order valence-corrected chi connectivity index (χ4v) is 2.40. The molecule has 2 unspecified atom stereocenters. The second-order valence-electron chi connectivity index (χ2n) is 4.87. The Labute approximate surface area is 107 Å². The zero-order valence-corrected chi connectivity index (χ0v) is 10.8. The van der Waals surface area contributed by atoms with Gasteiger partial charge < -0.3 is 5.11 Å². The summed E-state index contributed by atoms with van der Waals surface area (Å²) < 4.78 is 0. The van der Waals surface area contributed by atoms with E-state index in [2.05, 4.69) is 24.3 Å². The number of aromatic nitrogens is 1. The van der Waals surface area contributed by atoms with Crippen LogP contribution in [0.15, 0.2) is 18.5 Å². The first-order valence-electron chi connectivity index (χ1n) is 6.32. The van der Waals surface area contributed by atoms with E-state index in [1.165, 1.54) is 24.9 Å². The maximum atomic E-state index is 12.1. The highest BCUT2D eigenvalue weighted by Crippen LogP contribution is 2.21. The molecule has 5 nitrogen and oxygen atoms in total. The maximum Gasteiger partial charge on any atom is 0.269 e. The molecule has 5 heteroatoms. The molecule has 1 aliphatic heterocycles. The minimum Gasteiger partial charge on any atom is -0.505 e. The summed E-state index contributed by atoms with van der Waals surface area (Å²) in [5.41, 5.74) is 3.14. The van der Waals surface area contributed by atoms with Crippen molar-refractivity contribution in [3.8, 4) is 5.75 Å². The average Bonchev–Trinajstić information content (AvgIpc) is 2.34. The van der Waals surface area contributed by atoms with Crippen LogP contribution in [-0.4, -0.2) is 33.1 Å². The molecule has 98 valence electrons. The van der Waals surface area contributed by atoms with Crippen molar-refractivity contribution >= 4 is 5.91 Å². The third kappa shape index (κ3) is 2.61. The van der Waals surface area contributed by atoms with Crippen LogP contribution < -0.4 is 5.43 Å². The number of carbonyl (C=O) groups excluding carboxylic acids is 1. The quantitative estimate of drug-likeness (QED) is 0.837. The third-order valence-electron chi connectivity index (χ3n) is 3.47. The molecular formula is C13H19N3O2. The fourth-order valence-electron chi connectivity index (χ4n) is 2.40. The summed E-state index contributed by atoms with van der Waals surface area (Å²) in [6.45, 7) is 4.20. The van der Waals surface area contributed by atoms with Crippen molar-refractivity contribution in [2.75, 3.05) is 0 Å². The van der Waals surface area contributed by atoms with Crippen molar-refractivity contribution in [3.63, 3.8) is 0 Å². The summed E-state index contributed by atoms with van der Waals surface area (Å²) in [7, 11) is 0. The van der Waals surface area contributed by atoms with Gasteiger partial charge in [-0.1, -0.05) is 6.42 Å². The number of carbonyl (C=O) groups is 1. The second-order valence-corrected chi connectivity index (χ2v) is 4.87. The summed E-state index contributed by atoms with van der Waals surface area (Å²) in [5.74, 6) is -0.372. The molecule has 1 aromatic rings. The Kier molecular flexibility index (Phi) is 3.81. The van der Waals surface area contributed by atoms with Crippen molar-refractivity contribution in [2.45, 2.75) is 45.2 Å². The van der Waals surface area contributed by atoms with Crippen LogP contribution >= 0.6 is 0 Å². The summed E-state index contributed by atoms with van der Waals surface area (Å²) in [4.78, 5) is 15.8. The predicted octanol–water partition coefficient (Wildman–Crippen LogP) is 1.69. The topological polar surface area (TPSA) is 65.5 Å². The lowest BCUT2D eigenvalue weighted by Crippen LogP contribution is -2.54. The van der Waals surface area contributed by atoms with Crippen molar-refractivity contribution in [3.05, 3.63) is 24.0 Å². The summed E-state index contributed by atoms with van der Waals surface area (Å²) in [5, 5.41) is 11.6. The molecule has 1 aliphatic rings. The smallest absolute Gasteiger partial charge is 0.269 e. The Hall–Kier alpha value is -1.62. The largest absolute Gasteiger partial charge is 0.505 e.